The van der Waals surface area contributed by atoms with E-state index in [0.717, 1.165) is 16.5 Å². The lowest BCUT2D eigenvalue weighted by atomic mass is 10.1. The Kier molecular flexibility index (Phi) is 6.37. The molecule has 0 aliphatic rings. The summed E-state index contributed by atoms with van der Waals surface area (Å²) in [6.07, 6.45) is 1.62. The number of aromatic amines is 1. The maximum absolute atomic E-state index is 12.2. The lowest BCUT2D eigenvalue weighted by Crippen LogP contribution is -2.27. The van der Waals surface area contributed by atoms with E-state index in [1.54, 1.807) is 12.1 Å². The lowest BCUT2D eigenvalue weighted by molar-refractivity contribution is -0.121. The van der Waals surface area contributed by atoms with E-state index in [-0.39, 0.29) is 17.2 Å². The number of ketones is 1. The molecule has 0 saturated heterocycles. The number of benzene rings is 2. The highest BCUT2D eigenvalue weighted by Gasteiger charge is 2.08. The van der Waals surface area contributed by atoms with Gasteiger partial charge in [0, 0.05) is 36.0 Å². The zero-order valence-electron chi connectivity index (χ0n) is 16.0. The van der Waals surface area contributed by atoms with Crippen LogP contribution in [0, 0.1) is 6.92 Å². The number of fused-ring (bicyclic) bond motifs is 1. The minimum absolute atomic E-state index is 0.0475. The molecule has 0 radical (unpaired) electrons. The summed E-state index contributed by atoms with van der Waals surface area (Å²) in [6.45, 7) is 2.38. The Labute approximate surface area is 163 Å². The summed E-state index contributed by atoms with van der Waals surface area (Å²) in [4.78, 5) is 39.1. The summed E-state index contributed by atoms with van der Waals surface area (Å²) in [5.74, 6) is -0.0555. The van der Waals surface area contributed by atoms with E-state index in [4.69, 9.17) is 0 Å². The molecule has 2 aromatic carbocycles. The van der Waals surface area contributed by atoms with Crippen molar-refractivity contribution in [2.45, 2.75) is 32.6 Å². The molecule has 0 aliphatic heterocycles. The van der Waals surface area contributed by atoms with Gasteiger partial charge in [-0.1, -0.05) is 42.5 Å². The summed E-state index contributed by atoms with van der Waals surface area (Å²) in [6, 6.07) is 16.9. The van der Waals surface area contributed by atoms with E-state index in [2.05, 4.69) is 10.3 Å². The maximum atomic E-state index is 12.2. The molecule has 5 heteroatoms. The fourth-order valence-electron chi connectivity index (χ4n) is 3.15. The van der Waals surface area contributed by atoms with E-state index >= 15 is 0 Å². The number of hydrogen-bond donors (Lipinski definition) is 2. The van der Waals surface area contributed by atoms with Crippen molar-refractivity contribution in [2.75, 3.05) is 6.54 Å². The number of carbonyl (C=O) groups is 2. The number of hydrogen-bond acceptors (Lipinski definition) is 3. The number of amides is 1. The molecule has 1 heterocycles. The molecule has 0 aliphatic carbocycles. The van der Waals surface area contributed by atoms with Crippen molar-refractivity contribution in [3.63, 3.8) is 0 Å². The molecule has 1 aromatic heterocycles. The quantitative estimate of drug-likeness (QED) is 0.590. The number of nitrogens with one attached hydrogen (secondary N) is 2. The first-order chi connectivity index (χ1) is 13.5. The minimum atomic E-state index is -0.124. The third-order valence-corrected chi connectivity index (χ3v) is 4.70. The normalized spacial score (nSPS) is 10.8. The van der Waals surface area contributed by atoms with Gasteiger partial charge in [0.05, 0.1) is 0 Å². The monoisotopic (exact) mass is 376 g/mol. The molecular weight excluding hydrogens is 352 g/mol. The number of rotatable bonds is 8. The van der Waals surface area contributed by atoms with Gasteiger partial charge in [0.15, 0.2) is 5.78 Å². The van der Waals surface area contributed by atoms with Crippen molar-refractivity contribution in [3.8, 4) is 0 Å². The highest BCUT2D eigenvalue weighted by atomic mass is 16.1. The molecule has 1 amide bonds. The SMILES string of the molecule is Cc1ccc2cc(CCNC(=O)CCCC(=O)c3ccccc3)c(=O)[nH]c2c1. The van der Waals surface area contributed by atoms with Gasteiger partial charge in [-0.25, -0.2) is 0 Å². The van der Waals surface area contributed by atoms with Gasteiger partial charge in [-0.2, -0.15) is 0 Å². The number of pyridine rings is 1. The molecule has 3 rings (SSSR count). The van der Waals surface area contributed by atoms with Crippen molar-refractivity contribution in [1.29, 1.82) is 0 Å². The van der Waals surface area contributed by atoms with Gasteiger partial charge in [-0.05, 0) is 42.8 Å². The van der Waals surface area contributed by atoms with Crippen LogP contribution in [0.15, 0.2) is 59.4 Å². The minimum Gasteiger partial charge on any atom is -0.356 e. The second kappa shape index (κ2) is 9.13. The number of Topliss-reactive ketones (excluding diaryl/α,β-unsaturated/α-hetero) is 1. The van der Waals surface area contributed by atoms with Gasteiger partial charge >= 0.3 is 0 Å². The molecule has 0 unspecified atom stereocenters. The molecule has 3 aromatic rings. The number of carbonyl (C=O) groups excluding carboxylic acids is 2. The summed E-state index contributed by atoms with van der Waals surface area (Å²) in [7, 11) is 0. The van der Waals surface area contributed by atoms with Gasteiger partial charge in [0.2, 0.25) is 5.91 Å². The highest BCUT2D eigenvalue weighted by Crippen LogP contribution is 2.13. The maximum Gasteiger partial charge on any atom is 0.251 e. The fourth-order valence-corrected chi connectivity index (χ4v) is 3.15. The van der Waals surface area contributed by atoms with Crippen LogP contribution in [0.25, 0.3) is 10.9 Å². The average molecular weight is 376 g/mol. The van der Waals surface area contributed by atoms with Crippen LogP contribution in [0.5, 0.6) is 0 Å². The van der Waals surface area contributed by atoms with Crippen molar-refractivity contribution >= 4 is 22.6 Å². The Morgan fingerprint density at radius 2 is 1.79 bits per heavy atom. The number of aryl methyl sites for hydroxylation is 1. The zero-order chi connectivity index (χ0) is 19.9. The van der Waals surface area contributed by atoms with Crippen LogP contribution in [0.1, 0.15) is 40.7 Å². The molecule has 0 atom stereocenters. The standard InChI is InChI=1S/C23H24N2O3/c1-16-10-11-18-15-19(23(28)25-20(18)14-16)12-13-24-22(27)9-5-8-21(26)17-6-3-2-4-7-17/h2-4,6-7,10-11,14-15H,5,8-9,12-13H2,1H3,(H,24,27)(H,25,28). The molecule has 0 spiro atoms. The summed E-state index contributed by atoms with van der Waals surface area (Å²) in [5.41, 5.74) is 3.11. The van der Waals surface area contributed by atoms with E-state index in [0.29, 0.717) is 43.4 Å². The Morgan fingerprint density at radius 1 is 1.00 bits per heavy atom. The zero-order valence-corrected chi connectivity index (χ0v) is 16.0. The third kappa shape index (κ3) is 5.16. The number of aromatic nitrogens is 1. The van der Waals surface area contributed by atoms with Crippen LogP contribution in [0.4, 0.5) is 0 Å². The van der Waals surface area contributed by atoms with E-state index < -0.39 is 0 Å². The Hall–Kier alpha value is -3.21. The average Bonchev–Trinajstić information content (AvgIpc) is 2.69. The van der Waals surface area contributed by atoms with Crippen LogP contribution >= 0.6 is 0 Å². The molecule has 5 nitrogen and oxygen atoms in total. The van der Waals surface area contributed by atoms with Crippen molar-refractivity contribution in [3.05, 3.63) is 81.6 Å². The van der Waals surface area contributed by atoms with Crippen LogP contribution in [-0.2, 0) is 11.2 Å². The largest absolute Gasteiger partial charge is 0.356 e. The predicted molar refractivity (Wildman–Crippen MR) is 111 cm³/mol. The van der Waals surface area contributed by atoms with E-state index in [1.165, 1.54) is 0 Å². The first-order valence-electron chi connectivity index (χ1n) is 9.50. The van der Waals surface area contributed by atoms with Gasteiger partial charge < -0.3 is 10.3 Å². The Bertz CT molecular complexity index is 1040. The molecule has 0 saturated carbocycles. The summed E-state index contributed by atoms with van der Waals surface area (Å²) >= 11 is 0. The topological polar surface area (TPSA) is 79.0 Å². The van der Waals surface area contributed by atoms with Crippen molar-refractivity contribution in [1.82, 2.24) is 10.3 Å². The fraction of sp³-hybridized carbons (Fsp3) is 0.261. The van der Waals surface area contributed by atoms with Crippen LogP contribution in [0.3, 0.4) is 0 Å². The van der Waals surface area contributed by atoms with Gasteiger partial charge in [0.1, 0.15) is 0 Å². The molecule has 0 bridgehead atoms. The predicted octanol–water partition coefficient (Wildman–Crippen LogP) is 3.55. The van der Waals surface area contributed by atoms with Crippen molar-refractivity contribution in [2.24, 2.45) is 0 Å². The molecular formula is C23H24N2O3. The van der Waals surface area contributed by atoms with E-state index in [9.17, 15) is 14.4 Å². The molecule has 144 valence electrons. The summed E-state index contributed by atoms with van der Waals surface area (Å²) < 4.78 is 0. The van der Waals surface area contributed by atoms with E-state index in [1.807, 2.05) is 49.4 Å². The van der Waals surface area contributed by atoms with Gasteiger partial charge in [-0.15, -0.1) is 0 Å². The Morgan fingerprint density at radius 3 is 2.57 bits per heavy atom. The smallest absolute Gasteiger partial charge is 0.251 e. The van der Waals surface area contributed by atoms with Crippen LogP contribution in [0.2, 0.25) is 0 Å². The second-order valence-electron chi connectivity index (χ2n) is 6.96. The first kappa shape index (κ1) is 19.5. The van der Waals surface area contributed by atoms with Crippen LogP contribution in [-0.4, -0.2) is 23.2 Å². The Balaban J connectivity index is 1.44. The lowest BCUT2D eigenvalue weighted by Gasteiger charge is -2.07. The molecule has 0 fully saturated rings. The van der Waals surface area contributed by atoms with Crippen molar-refractivity contribution < 1.29 is 9.59 Å². The summed E-state index contributed by atoms with van der Waals surface area (Å²) in [5, 5.41) is 3.80. The highest BCUT2D eigenvalue weighted by molar-refractivity contribution is 5.96. The van der Waals surface area contributed by atoms with Crippen LogP contribution < -0.4 is 10.9 Å². The molecule has 2 N–H and O–H groups in total. The first-order valence-corrected chi connectivity index (χ1v) is 9.50. The van der Waals surface area contributed by atoms with Gasteiger partial charge in [-0.3, -0.25) is 14.4 Å². The number of H-pyrrole nitrogens is 1. The third-order valence-electron chi connectivity index (χ3n) is 4.70. The van der Waals surface area contributed by atoms with Gasteiger partial charge in [0.25, 0.3) is 5.56 Å². The second-order valence-corrected chi connectivity index (χ2v) is 6.96. The molecule has 28 heavy (non-hydrogen) atoms.